The molecular weight excluding hydrogens is 433 g/mol. The maximum absolute atomic E-state index is 5.80. The normalized spacial score (nSPS) is 10.9. The maximum Gasteiger partial charge on any atom is 0.191 e. The molecule has 0 atom stereocenters. The second-order valence-corrected chi connectivity index (χ2v) is 5.31. The summed E-state index contributed by atoms with van der Waals surface area (Å²) in [4.78, 5) is 4.22. The number of guanidine groups is 1. The first-order chi connectivity index (χ1) is 11.7. The summed E-state index contributed by atoms with van der Waals surface area (Å²) in [6, 6.07) is 8.09. The van der Waals surface area contributed by atoms with E-state index in [2.05, 4.69) is 38.0 Å². The monoisotopic (exact) mass is 459 g/mol. The second kappa shape index (κ2) is 11.7. The summed E-state index contributed by atoms with van der Waals surface area (Å²) in [5.41, 5.74) is 3.23. The fraction of sp³-hybridized carbons (Fsp3) is 0.412. The Morgan fingerprint density at radius 1 is 1.20 bits per heavy atom. The Morgan fingerprint density at radius 2 is 2.00 bits per heavy atom. The van der Waals surface area contributed by atoms with Gasteiger partial charge in [-0.1, -0.05) is 12.1 Å². The van der Waals surface area contributed by atoms with Crippen molar-refractivity contribution < 1.29 is 9.47 Å². The molecule has 1 heterocycles. The highest BCUT2D eigenvalue weighted by atomic mass is 127. The minimum absolute atomic E-state index is 0. The number of benzene rings is 1. The largest absolute Gasteiger partial charge is 0.491 e. The molecule has 8 heteroatoms. The highest BCUT2D eigenvalue weighted by Gasteiger charge is 2.06. The van der Waals surface area contributed by atoms with Crippen LogP contribution in [0.15, 0.2) is 35.5 Å². The van der Waals surface area contributed by atoms with Crippen LogP contribution in [0.1, 0.15) is 16.8 Å². The lowest BCUT2D eigenvalue weighted by Crippen LogP contribution is -2.36. The van der Waals surface area contributed by atoms with Gasteiger partial charge in [0.2, 0.25) is 0 Å². The highest BCUT2D eigenvalue weighted by molar-refractivity contribution is 14.0. The van der Waals surface area contributed by atoms with Crippen molar-refractivity contribution in [3.8, 4) is 5.75 Å². The summed E-state index contributed by atoms with van der Waals surface area (Å²) in [6.45, 7) is 4.38. The van der Waals surface area contributed by atoms with Crippen molar-refractivity contribution in [3.05, 3.63) is 47.3 Å². The van der Waals surface area contributed by atoms with Crippen molar-refractivity contribution in [1.29, 1.82) is 0 Å². The molecule has 0 aliphatic carbocycles. The van der Waals surface area contributed by atoms with E-state index in [9.17, 15) is 0 Å². The van der Waals surface area contributed by atoms with Crippen LogP contribution < -0.4 is 15.4 Å². The number of rotatable bonds is 8. The van der Waals surface area contributed by atoms with Gasteiger partial charge >= 0.3 is 0 Å². The van der Waals surface area contributed by atoms with E-state index in [1.165, 1.54) is 0 Å². The van der Waals surface area contributed by atoms with E-state index >= 15 is 0 Å². The van der Waals surface area contributed by atoms with Gasteiger partial charge in [-0.3, -0.25) is 10.1 Å². The van der Waals surface area contributed by atoms with Crippen molar-refractivity contribution in [2.24, 2.45) is 4.99 Å². The number of hydrogen-bond acceptors (Lipinski definition) is 4. The van der Waals surface area contributed by atoms with Crippen LogP contribution in [0.4, 0.5) is 0 Å². The molecule has 0 radical (unpaired) electrons. The molecule has 25 heavy (non-hydrogen) atoms. The number of ether oxygens (including phenoxy) is 2. The molecule has 0 saturated heterocycles. The number of aliphatic imine (C=N–C) groups is 1. The fourth-order valence-corrected chi connectivity index (χ4v) is 2.14. The zero-order valence-electron chi connectivity index (χ0n) is 14.8. The molecule has 2 rings (SSSR count). The summed E-state index contributed by atoms with van der Waals surface area (Å²) >= 11 is 0. The molecule has 0 spiro atoms. The molecule has 7 nitrogen and oxygen atoms in total. The Labute approximate surface area is 165 Å². The molecule has 0 unspecified atom stereocenters. The highest BCUT2D eigenvalue weighted by Crippen LogP contribution is 2.20. The van der Waals surface area contributed by atoms with Crippen LogP contribution in [-0.2, 0) is 17.8 Å². The number of H-pyrrole nitrogens is 1. The van der Waals surface area contributed by atoms with Crippen LogP contribution in [0.2, 0.25) is 0 Å². The van der Waals surface area contributed by atoms with E-state index in [0.717, 1.165) is 22.6 Å². The molecule has 0 aliphatic rings. The molecule has 0 aliphatic heterocycles. The number of nitrogens with one attached hydrogen (secondary N) is 3. The van der Waals surface area contributed by atoms with Gasteiger partial charge in [0.1, 0.15) is 12.4 Å². The third kappa shape index (κ3) is 7.30. The van der Waals surface area contributed by atoms with Crippen molar-refractivity contribution >= 4 is 29.9 Å². The van der Waals surface area contributed by atoms with Crippen molar-refractivity contribution in [3.63, 3.8) is 0 Å². The first kappa shape index (κ1) is 21.2. The number of halogens is 1. The van der Waals surface area contributed by atoms with Gasteiger partial charge in [-0.05, 0) is 24.6 Å². The van der Waals surface area contributed by atoms with Gasteiger partial charge in [0.25, 0.3) is 0 Å². The van der Waals surface area contributed by atoms with E-state index in [1.54, 1.807) is 20.4 Å². The van der Waals surface area contributed by atoms with Gasteiger partial charge in [-0.25, -0.2) is 0 Å². The lowest BCUT2D eigenvalue weighted by Gasteiger charge is -2.15. The number of nitrogens with zero attached hydrogens (tertiary/aromatic N) is 2. The van der Waals surface area contributed by atoms with Crippen LogP contribution in [-0.4, -0.2) is 43.5 Å². The molecule has 0 fully saturated rings. The molecule has 2 aromatic rings. The molecular formula is C17H26IN5O2. The minimum atomic E-state index is 0. The van der Waals surface area contributed by atoms with Gasteiger partial charge in [-0.2, -0.15) is 5.10 Å². The second-order valence-electron chi connectivity index (χ2n) is 5.31. The predicted molar refractivity (Wildman–Crippen MR) is 110 cm³/mol. The molecule has 3 N–H and O–H groups in total. The van der Waals surface area contributed by atoms with Crippen molar-refractivity contribution in [2.75, 3.05) is 27.4 Å². The number of aromatic nitrogens is 2. The zero-order valence-corrected chi connectivity index (χ0v) is 17.2. The van der Waals surface area contributed by atoms with Gasteiger partial charge in [0, 0.05) is 32.5 Å². The minimum Gasteiger partial charge on any atom is -0.491 e. The zero-order chi connectivity index (χ0) is 17.2. The summed E-state index contributed by atoms with van der Waals surface area (Å²) in [6.07, 6.45) is 1.73. The van der Waals surface area contributed by atoms with Crippen molar-refractivity contribution in [1.82, 2.24) is 20.8 Å². The third-order valence-electron chi connectivity index (χ3n) is 3.44. The summed E-state index contributed by atoms with van der Waals surface area (Å²) in [7, 11) is 3.41. The molecule has 138 valence electrons. The lowest BCUT2D eigenvalue weighted by atomic mass is 10.1. The van der Waals surface area contributed by atoms with Gasteiger partial charge in [-0.15, -0.1) is 24.0 Å². The number of aromatic amines is 1. The molecule has 1 aromatic heterocycles. The number of methoxy groups -OCH3 is 1. The topological polar surface area (TPSA) is 83.6 Å². The first-order valence-electron chi connectivity index (χ1n) is 7.87. The quantitative estimate of drug-likeness (QED) is 0.244. The first-order valence-corrected chi connectivity index (χ1v) is 7.87. The van der Waals surface area contributed by atoms with E-state index < -0.39 is 0 Å². The van der Waals surface area contributed by atoms with Crippen LogP contribution in [0.5, 0.6) is 5.75 Å². The van der Waals surface area contributed by atoms with Gasteiger partial charge < -0.3 is 20.1 Å². The number of aryl methyl sites for hydroxylation is 1. The van der Waals surface area contributed by atoms with Crippen LogP contribution in [0, 0.1) is 6.92 Å². The standard InChI is InChI=1S/C17H25N5O2.HI/c1-13-4-5-14(16(10-13)24-9-8-23-3)11-19-17(18-2)20-12-15-6-7-21-22-15;/h4-7,10H,8-9,11-12H2,1-3H3,(H,21,22)(H2,18,19,20);1H. The van der Waals surface area contributed by atoms with Crippen LogP contribution >= 0.6 is 24.0 Å². The fourth-order valence-electron chi connectivity index (χ4n) is 2.14. The Bertz CT molecular complexity index is 646. The van der Waals surface area contributed by atoms with E-state index in [-0.39, 0.29) is 24.0 Å². The van der Waals surface area contributed by atoms with Gasteiger partial charge in [0.15, 0.2) is 5.96 Å². The Hall–Kier alpha value is -1.81. The molecule has 0 saturated carbocycles. The molecule has 0 bridgehead atoms. The van der Waals surface area contributed by atoms with Gasteiger partial charge in [0.05, 0.1) is 18.8 Å². The summed E-state index contributed by atoms with van der Waals surface area (Å²) in [5, 5.41) is 13.4. The summed E-state index contributed by atoms with van der Waals surface area (Å²) < 4.78 is 10.8. The number of hydrogen-bond donors (Lipinski definition) is 3. The van der Waals surface area contributed by atoms with Crippen LogP contribution in [0.3, 0.4) is 0 Å². The average molecular weight is 459 g/mol. The van der Waals surface area contributed by atoms with E-state index in [1.807, 2.05) is 19.1 Å². The molecule has 0 amide bonds. The summed E-state index contributed by atoms with van der Waals surface area (Å²) in [5.74, 6) is 1.58. The third-order valence-corrected chi connectivity index (χ3v) is 3.44. The Kier molecular flexibility index (Phi) is 9.93. The van der Waals surface area contributed by atoms with E-state index in [0.29, 0.717) is 32.3 Å². The Balaban J connectivity index is 0.00000312. The SMILES string of the molecule is CN=C(NCc1ccn[nH]1)NCc1ccc(C)cc1OCCOC.I. The average Bonchev–Trinajstić information content (AvgIpc) is 3.10. The lowest BCUT2D eigenvalue weighted by molar-refractivity contribution is 0.145. The van der Waals surface area contributed by atoms with E-state index in [4.69, 9.17) is 9.47 Å². The predicted octanol–water partition coefficient (Wildman–Crippen LogP) is 2.23. The maximum atomic E-state index is 5.80. The van der Waals surface area contributed by atoms with Crippen molar-refractivity contribution in [2.45, 2.75) is 20.0 Å². The van der Waals surface area contributed by atoms with Crippen LogP contribution in [0.25, 0.3) is 0 Å². The molecule has 1 aromatic carbocycles. The smallest absolute Gasteiger partial charge is 0.191 e. The Morgan fingerprint density at radius 3 is 2.68 bits per heavy atom.